The SMILES string of the molecule is CN=C(NCC(C)c1c(C)noc1C)N1CCN(Cc2ccccc2)CC1. The lowest BCUT2D eigenvalue weighted by atomic mass is 10.00. The summed E-state index contributed by atoms with van der Waals surface area (Å²) in [6.07, 6.45) is 0. The Labute approximate surface area is 162 Å². The lowest BCUT2D eigenvalue weighted by Crippen LogP contribution is -2.52. The van der Waals surface area contributed by atoms with Gasteiger partial charge in [-0.3, -0.25) is 9.89 Å². The number of benzene rings is 1. The molecule has 0 aliphatic carbocycles. The fourth-order valence-corrected chi connectivity index (χ4v) is 3.83. The summed E-state index contributed by atoms with van der Waals surface area (Å²) in [5.41, 5.74) is 3.55. The summed E-state index contributed by atoms with van der Waals surface area (Å²) in [6.45, 7) is 12.1. The number of guanidine groups is 1. The van der Waals surface area contributed by atoms with Gasteiger partial charge in [-0.1, -0.05) is 42.4 Å². The Morgan fingerprint density at radius 1 is 1.19 bits per heavy atom. The third-order valence-corrected chi connectivity index (χ3v) is 5.28. The van der Waals surface area contributed by atoms with Crippen molar-refractivity contribution in [1.82, 2.24) is 20.3 Å². The minimum Gasteiger partial charge on any atom is -0.361 e. The van der Waals surface area contributed by atoms with Gasteiger partial charge in [-0.2, -0.15) is 0 Å². The average Bonchev–Trinajstić information content (AvgIpc) is 3.02. The van der Waals surface area contributed by atoms with Crippen LogP contribution in [-0.2, 0) is 6.54 Å². The first-order valence-corrected chi connectivity index (χ1v) is 9.73. The molecular formula is C21H31N5O. The lowest BCUT2D eigenvalue weighted by Gasteiger charge is -2.36. The van der Waals surface area contributed by atoms with Gasteiger partial charge in [0.1, 0.15) is 5.76 Å². The van der Waals surface area contributed by atoms with E-state index in [9.17, 15) is 0 Å². The molecule has 1 N–H and O–H groups in total. The van der Waals surface area contributed by atoms with Crippen LogP contribution in [0.25, 0.3) is 0 Å². The third-order valence-electron chi connectivity index (χ3n) is 5.28. The molecule has 1 aromatic carbocycles. The molecule has 1 saturated heterocycles. The number of piperazine rings is 1. The summed E-state index contributed by atoms with van der Waals surface area (Å²) in [6, 6.07) is 10.7. The standard InChI is InChI=1S/C21H31N5O/c1-16(20-17(2)24-27-18(20)3)14-23-21(22-4)26-12-10-25(11-13-26)15-19-8-6-5-7-9-19/h5-9,16H,10-15H2,1-4H3,(H,22,23). The number of hydrogen-bond acceptors (Lipinski definition) is 4. The van der Waals surface area contributed by atoms with Crippen LogP contribution in [-0.4, -0.2) is 60.7 Å². The van der Waals surface area contributed by atoms with Crippen LogP contribution in [0, 0.1) is 13.8 Å². The summed E-state index contributed by atoms with van der Waals surface area (Å²) >= 11 is 0. The number of aromatic nitrogens is 1. The molecule has 146 valence electrons. The molecule has 1 unspecified atom stereocenters. The molecule has 1 aromatic heterocycles. The molecule has 1 atom stereocenters. The number of aryl methyl sites for hydroxylation is 2. The number of nitrogens with zero attached hydrogens (tertiary/aromatic N) is 4. The summed E-state index contributed by atoms with van der Waals surface area (Å²) in [7, 11) is 1.86. The Kier molecular flexibility index (Phi) is 6.50. The second-order valence-corrected chi connectivity index (χ2v) is 7.32. The van der Waals surface area contributed by atoms with E-state index >= 15 is 0 Å². The fraction of sp³-hybridized carbons (Fsp3) is 0.524. The zero-order valence-electron chi connectivity index (χ0n) is 16.9. The zero-order chi connectivity index (χ0) is 19.2. The Balaban J connectivity index is 1.49. The first kappa shape index (κ1) is 19.4. The maximum absolute atomic E-state index is 5.30. The molecule has 0 amide bonds. The van der Waals surface area contributed by atoms with Crippen molar-refractivity contribution in [3.8, 4) is 0 Å². The molecule has 0 spiro atoms. The van der Waals surface area contributed by atoms with E-state index in [2.05, 4.69) is 62.5 Å². The average molecular weight is 370 g/mol. The van der Waals surface area contributed by atoms with Gasteiger partial charge in [0.25, 0.3) is 0 Å². The minimum atomic E-state index is 0.326. The maximum Gasteiger partial charge on any atom is 0.193 e. The van der Waals surface area contributed by atoms with Crippen molar-refractivity contribution < 1.29 is 4.52 Å². The normalized spacial score (nSPS) is 17.2. The van der Waals surface area contributed by atoms with Crippen molar-refractivity contribution >= 4 is 5.96 Å². The Morgan fingerprint density at radius 2 is 1.89 bits per heavy atom. The highest BCUT2D eigenvalue weighted by molar-refractivity contribution is 5.80. The molecule has 2 heterocycles. The molecule has 1 fully saturated rings. The van der Waals surface area contributed by atoms with E-state index in [1.807, 2.05) is 20.9 Å². The second kappa shape index (κ2) is 9.04. The van der Waals surface area contributed by atoms with Crippen LogP contribution in [0.1, 0.15) is 35.4 Å². The predicted molar refractivity (Wildman–Crippen MR) is 109 cm³/mol. The van der Waals surface area contributed by atoms with Crippen molar-refractivity contribution in [3.05, 3.63) is 52.9 Å². The zero-order valence-corrected chi connectivity index (χ0v) is 16.9. The van der Waals surface area contributed by atoms with E-state index in [1.54, 1.807) is 0 Å². The summed E-state index contributed by atoms with van der Waals surface area (Å²) in [5.74, 6) is 2.21. The molecule has 6 nitrogen and oxygen atoms in total. The van der Waals surface area contributed by atoms with Gasteiger partial charge in [0.2, 0.25) is 0 Å². The van der Waals surface area contributed by atoms with Gasteiger partial charge < -0.3 is 14.7 Å². The quantitative estimate of drug-likeness (QED) is 0.649. The maximum atomic E-state index is 5.30. The molecule has 0 saturated carbocycles. The van der Waals surface area contributed by atoms with Gasteiger partial charge in [0.15, 0.2) is 5.96 Å². The molecule has 27 heavy (non-hydrogen) atoms. The van der Waals surface area contributed by atoms with E-state index in [1.165, 1.54) is 11.1 Å². The van der Waals surface area contributed by atoms with Crippen LogP contribution in [0.4, 0.5) is 0 Å². The van der Waals surface area contributed by atoms with E-state index in [0.717, 1.165) is 56.7 Å². The van der Waals surface area contributed by atoms with Gasteiger partial charge in [-0.25, -0.2) is 0 Å². The van der Waals surface area contributed by atoms with Gasteiger partial charge >= 0.3 is 0 Å². The number of nitrogens with one attached hydrogen (secondary N) is 1. The van der Waals surface area contributed by atoms with E-state index in [4.69, 9.17) is 4.52 Å². The van der Waals surface area contributed by atoms with Crippen molar-refractivity contribution in [2.75, 3.05) is 39.8 Å². The number of rotatable bonds is 5. The Hall–Kier alpha value is -2.34. The molecule has 0 radical (unpaired) electrons. The minimum absolute atomic E-state index is 0.326. The molecule has 2 aromatic rings. The highest BCUT2D eigenvalue weighted by atomic mass is 16.5. The topological polar surface area (TPSA) is 56.9 Å². The Bertz CT molecular complexity index is 728. The van der Waals surface area contributed by atoms with Crippen LogP contribution >= 0.6 is 0 Å². The molecule has 0 bridgehead atoms. The third kappa shape index (κ3) is 4.89. The molecule has 6 heteroatoms. The van der Waals surface area contributed by atoms with E-state index in [-0.39, 0.29) is 0 Å². The lowest BCUT2D eigenvalue weighted by molar-refractivity contribution is 0.172. The van der Waals surface area contributed by atoms with E-state index in [0.29, 0.717) is 5.92 Å². The number of hydrogen-bond donors (Lipinski definition) is 1. The Morgan fingerprint density at radius 3 is 2.48 bits per heavy atom. The first-order valence-electron chi connectivity index (χ1n) is 9.73. The van der Waals surface area contributed by atoms with Crippen LogP contribution in [0.5, 0.6) is 0 Å². The highest BCUT2D eigenvalue weighted by Gasteiger charge is 2.21. The first-order chi connectivity index (χ1) is 13.1. The van der Waals surface area contributed by atoms with Crippen molar-refractivity contribution in [3.63, 3.8) is 0 Å². The van der Waals surface area contributed by atoms with Crippen molar-refractivity contribution in [2.45, 2.75) is 33.2 Å². The van der Waals surface area contributed by atoms with Crippen LogP contribution in [0.3, 0.4) is 0 Å². The summed E-state index contributed by atoms with van der Waals surface area (Å²) in [5, 5.41) is 7.60. The largest absolute Gasteiger partial charge is 0.361 e. The van der Waals surface area contributed by atoms with Gasteiger partial charge in [0, 0.05) is 57.8 Å². The number of aliphatic imine (C=N–C) groups is 1. The highest BCUT2D eigenvalue weighted by Crippen LogP contribution is 2.22. The summed E-state index contributed by atoms with van der Waals surface area (Å²) < 4.78 is 5.30. The molecule has 3 rings (SSSR count). The molecular weight excluding hydrogens is 338 g/mol. The van der Waals surface area contributed by atoms with Crippen LogP contribution in [0.15, 0.2) is 39.8 Å². The van der Waals surface area contributed by atoms with Gasteiger partial charge in [-0.15, -0.1) is 0 Å². The smallest absolute Gasteiger partial charge is 0.193 e. The predicted octanol–water partition coefficient (Wildman–Crippen LogP) is 2.79. The van der Waals surface area contributed by atoms with Crippen LogP contribution < -0.4 is 5.32 Å². The van der Waals surface area contributed by atoms with E-state index < -0.39 is 0 Å². The fourth-order valence-electron chi connectivity index (χ4n) is 3.83. The second-order valence-electron chi connectivity index (χ2n) is 7.32. The van der Waals surface area contributed by atoms with Crippen molar-refractivity contribution in [1.29, 1.82) is 0 Å². The van der Waals surface area contributed by atoms with Crippen LogP contribution in [0.2, 0.25) is 0 Å². The molecule has 1 aliphatic rings. The van der Waals surface area contributed by atoms with Gasteiger partial charge in [-0.05, 0) is 19.4 Å². The molecule has 1 aliphatic heterocycles. The van der Waals surface area contributed by atoms with Gasteiger partial charge in [0.05, 0.1) is 5.69 Å². The monoisotopic (exact) mass is 369 g/mol. The van der Waals surface area contributed by atoms with Crippen molar-refractivity contribution in [2.24, 2.45) is 4.99 Å². The summed E-state index contributed by atoms with van der Waals surface area (Å²) in [4.78, 5) is 9.35.